The Bertz CT molecular complexity index is 317. The van der Waals surface area contributed by atoms with Crippen molar-refractivity contribution in [2.45, 2.75) is 142 Å². The minimum absolute atomic E-state index is 0.0433. The summed E-state index contributed by atoms with van der Waals surface area (Å²) in [5.41, 5.74) is 0. The number of carbonyl (C=O) groups is 1. The molecule has 3 heteroatoms. The molecule has 0 saturated heterocycles. The first kappa shape index (κ1) is 27.4. The highest BCUT2D eigenvalue weighted by molar-refractivity contribution is 5.69. The van der Waals surface area contributed by atoms with E-state index in [0.29, 0.717) is 25.7 Å². The minimum Gasteiger partial charge on any atom is -0.466 e. The van der Waals surface area contributed by atoms with E-state index in [1.54, 1.807) is 0 Å². The summed E-state index contributed by atoms with van der Waals surface area (Å²) in [7, 11) is 0. The van der Waals surface area contributed by atoms with Gasteiger partial charge in [-0.15, -0.1) is 0 Å². The van der Waals surface area contributed by atoms with Crippen LogP contribution in [0.15, 0.2) is 0 Å². The Morgan fingerprint density at radius 1 is 0.643 bits per heavy atom. The first-order valence-electron chi connectivity index (χ1n) is 12.5. The summed E-state index contributed by atoms with van der Waals surface area (Å²) in [6.45, 7) is 7.64. The van der Waals surface area contributed by atoms with Gasteiger partial charge in [-0.05, 0) is 19.8 Å². The smallest absolute Gasteiger partial charge is 0.305 e. The SMILES string of the molecule is CCCCCCCCCCCCCCCCCC(=O)OCCCOC(C)CC. The molecule has 0 aromatic rings. The minimum atomic E-state index is -0.0433. The van der Waals surface area contributed by atoms with Crippen LogP contribution in [0.2, 0.25) is 0 Å². The van der Waals surface area contributed by atoms with Crippen LogP contribution in [0.25, 0.3) is 0 Å². The fourth-order valence-electron chi connectivity index (χ4n) is 3.36. The summed E-state index contributed by atoms with van der Waals surface area (Å²) >= 11 is 0. The first-order valence-corrected chi connectivity index (χ1v) is 12.5. The molecule has 0 N–H and O–H groups in total. The molecule has 0 saturated carbocycles. The Balaban J connectivity index is 3.15. The molecule has 168 valence electrons. The third kappa shape index (κ3) is 21.7. The molecule has 0 rings (SSSR count). The molecule has 0 aromatic carbocycles. The lowest BCUT2D eigenvalue weighted by Gasteiger charge is -2.10. The van der Waals surface area contributed by atoms with Crippen LogP contribution in [0.3, 0.4) is 0 Å². The van der Waals surface area contributed by atoms with Gasteiger partial charge >= 0.3 is 5.97 Å². The Morgan fingerprint density at radius 2 is 1.11 bits per heavy atom. The lowest BCUT2D eigenvalue weighted by molar-refractivity contribution is -0.144. The second-order valence-corrected chi connectivity index (χ2v) is 8.36. The van der Waals surface area contributed by atoms with E-state index in [9.17, 15) is 4.79 Å². The molecule has 28 heavy (non-hydrogen) atoms. The number of esters is 1. The van der Waals surface area contributed by atoms with Gasteiger partial charge in [-0.3, -0.25) is 4.79 Å². The highest BCUT2D eigenvalue weighted by Crippen LogP contribution is 2.13. The van der Waals surface area contributed by atoms with Crippen molar-refractivity contribution in [1.29, 1.82) is 0 Å². The van der Waals surface area contributed by atoms with E-state index in [-0.39, 0.29) is 5.97 Å². The average Bonchev–Trinajstić information content (AvgIpc) is 2.70. The van der Waals surface area contributed by atoms with Crippen LogP contribution < -0.4 is 0 Å². The van der Waals surface area contributed by atoms with E-state index in [1.807, 2.05) is 0 Å². The molecule has 1 atom stereocenters. The number of ether oxygens (including phenoxy) is 2. The van der Waals surface area contributed by atoms with Crippen LogP contribution in [-0.2, 0) is 14.3 Å². The van der Waals surface area contributed by atoms with E-state index in [1.165, 1.54) is 83.5 Å². The van der Waals surface area contributed by atoms with Crippen molar-refractivity contribution in [1.82, 2.24) is 0 Å². The summed E-state index contributed by atoms with van der Waals surface area (Å²) in [6.07, 6.45) is 22.9. The topological polar surface area (TPSA) is 35.5 Å². The lowest BCUT2D eigenvalue weighted by atomic mass is 10.0. The molecule has 0 aliphatic rings. The summed E-state index contributed by atoms with van der Waals surface area (Å²) in [4.78, 5) is 11.7. The van der Waals surface area contributed by atoms with Crippen LogP contribution >= 0.6 is 0 Å². The lowest BCUT2D eigenvalue weighted by Crippen LogP contribution is -2.11. The maximum Gasteiger partial charge on any atom is 0.305 e. The summed E-state index contributed by atoms with van der Waals surface area (Å²) < 4.78 is 10.8. The second kappa shape index (κ2) is 22.7. The maximum absolute atomic E-state index is 11.7. The molecule has 0 aromatic heterocycles. The largest absolute Gasteiger partial charge is 0.466 e. The zero-order valence-electron chi connectivity index (χ0n) is 19.4. The van der Waals surface area contributed by atoms with Crippen LogP contribution in [0, 0.1) is 0 Å². The normalized spacial score (nSPS) is 12.2. The molecular weight excluding hydrogens is 348 g/mol. The molecule has 0 aliphatic heterocycles. The quantitative estimate of drug-likeness (QED) is 0.137. The van der Waals surface area contributed by atoms with Crippen molar-refractivity contribution < 1.29 is 14.3 Å². The van der Waals surface area contributed by atoms with Gasteiger partial charge in [-0.25, -0.2) is 0 Å². The van der Waals surface area contributed by atoms with E-state index < -0.39 is 0 Å². The van der Waals surface area contributed by atoms with Crippen molar-refractivity contribution in [3.8, 4) is 0 Å². The van der Waals surface area contributed by atoms with Gasteiger partial charge in [0, 0.05) is 12.8 Å². The molecule has 0 spiro atoms. The average molecular weight is 399 g/mol. The number of rotatable bonds is 22. The molecule has 0 fully saturated rings. The monoisotopic (exact) mass is 398 g/mol. The van der Waals surface area contributed by atoms with Crippen LogP contribution in [-0.4, -0.2) is 25.3 Å². The van der Waals surface area contributed by atoms with Gasteiger partial charge in [0.05, 0.1) is 19.3 Å². The summed E-state index contributed by atoms with van der Waals surface area (Å²) in [6, 6.07) is 0. The van der Waals surface area contributed by atoms with Gasteiger partial charge in [0.2, 0.25) is 0 Å². The van der Waals surface area contributed by atoms with Gasteiger partial charge in [0.25, 0.3) is 0 Å². The van der Waals surface area contributed by atoms with Gasteiger partial charge in [-0.2, -0.15) is 0 Å². The molecule has 0 heterocycles. The van der Waals surface area contributed by atoms with E-state index in [4.69, 9.17) is 9.47 Å². The van der Waals surface area contributed by atoms with Crippen molar-refractivity contribution in [3.63, 3.8) is 0 Å². The van der Waals surface area contributed by atoms with E-state index in [0.717, 1.165) is 25.7 Å². The summed E-state index contributed by atoms with van der Waals surface area (Å²) in [5.74, 6) is -0.0433. The molecule has 0 radical (unpaired) electrons. The predicted molar refractivity (Wildman–Crippen MR) is 121 cm³/mol. The van der Waals surface area contributed by atoms with Crippen LogP contribution in [0.4, 0.5) is 0 Å². The molecule has 3 nitrogen and oxygen atoms in total. The third-order valence-corrected chi connectivity index (χ3v) is 5.51. The van der Waals surface area contributed by atoms with Crippen molar-refractivity contribution in [2.75, 3.05) is 13.2 Å². The Morgan fingerprint density at radius 3 is 1.57 bits per heavy atom. The van der Waals surface area contributed by atoms with Crippen LogP contribution in [0.1, 0.15) is 136 Å². The maximum atomic E-state index is 11.7. The predicted octanol–water partition coefficient (Wildman–Crippen LogP) is 8.00. The molecule has 1 unspecified atom stereocenters. The van der Waals surface area contributed by atoms with Crippen molar-refractivity contribution in [2.24, 2.45) is 0 Å². The summed E-state index contributed by atoms with van der Waals surface area (Å²) in [5, 5.41) is 0. The van der Waals surface area contributed by atoms with Crippen molar-refractivity contribution >= 4 is 5.97 Å². The Hall–Kier alpha value is -0.570. The zero-order valence-corrected chi connectivity index (χ0v) is 19.4. The fourth-order valence-corrected chi connectivity index (χ4v) is 3.36. The standard InChI is InChI=1S/C25H50O3/c1-4-6-7-8-9-10-11-12-13-14-15-16-17-18-19-21-25(26)28-23-20-22-27-24(3)5-2/h24H,4-23H2,1-3H3. The Labute approximate surface area is 176 Å². The van der Waals surface area contributed by atoms with Gasteiger partial charge < -0.3 is 9.47 Å². The number of unbranched alkanes of at least 4 members (excludes halogenated alkanes) is 14. The number of hydrogen-bond acceptors (Lipinski definition) is 3. The highest BCUT2D eigenvalue weighted by atomic mass is 16.5. The zero-order chi connectivity index (χ0) is 20.7. The van der Waals surface area contributed by atoms with Gasteiger partial charge in [0.1, 0.15) is 0 Å². The molecular formula is C25H50O3. The fraction of sp³-hybridized carbons (Fsp3) is 0.960. The number of carbonyl (C=O) groups excluding carboxylic acids is 1. The molecule has 0 amide bonds. The van der Waals surface area contributed by atoms with Gasteiger partial charge in [-0.1, -0.05) is 104 Å². The molecule has 0 bridgehead atoms. The molecule has 0 aliphatic carbocycles. The second-order valence-electron chi connectivity index (χ2n) is 8.36. The Kier molecular flexibility index (Phi) is 22.3. The van der Waals surface area contributed by atoms with E-state index >= 15 is 0 Å². The van der Waals surface area contributed by atoms with Gasteiger partial charge in [0.15, 0.2) is 0 Å². The van der Waals surface area contributed by atoms with Crippen molar-refractivity contribution in [3.05, 3.63) is 0 Å². The third-order valence-electron chi connectivity index (χ3n) is 5.51. The van der Waals surface area contributed by atoms with E-state index in [2.05, 4.69) is 20.8 Å². The first-order chi connectivity index (χ1) is 13.7. The van der Waals surface area contributed by atoms with Crippen LogP contribution in [0.5, 0.6) is 0 Å². The highest BCUT2D eigenvalue weighted by Gasteiger charge is 2.03. The number of hydrogen-bond donors (Lipinski definition) is 0.